The fourth-order valence-electron chi connectivity index (χ4n) is 1.95. The van der Waals surface area contributed by atoms with Crippen molar-refractivity contribution in [1.29, 1.82) is 0 Å². The zero-order valence-electron chi connectivity index (χ0n) is 8.60. The second-order valence-electron chi connectivity index (χ2n) is 3.88. The first-order valence-corrected chi connectivity index (χ1v) is 4.99. The van der Waals surface area contributed by atoms with Gasteiger partial charge in [0.2, 0.25) is 0 Å². The first-order chi connectivity index (χ1) is 6.70. The number of aryl methyl sites for hydroxylation is 1. The molecule has 2 atom stereocenters. The lowest BCUT2D eigenvalue weighted by Crippen LogP contribution is -2.04. The fourth-order valence-corrected chi connectivity index (χ4v) is 1.95. The Morgan fingerprint density at radius 1 is 1.64 bits per heavy atom. The third kappa shape index (κ3) is 1.67. The van der Waals surface area contributed by atoms with Crippen LogP contribution in [0.5, 0.6) is 0 Å². The van der Waals surface area contributed by atoms with Crippen molar-refractivity contribution in [1.82, 2.24) is 9.78 Å². The Morgan fingerprint density at radius 3 is 3.00 bits per heavy atom. The monoisotopic (exact) mass is 196 g/mol. The lowest BCUT2D eigenvalue weighted by Gasteiger charge is -2.09. The number of rotatable bonds is 2. The first kappa shape index (κ1) is 9.68. The maximum atomic E-state index is 9.15. The number of aliphatic hydroxyl groups excluding tert-OH is 1. The highest BCUT2D eigenvalue weighted by Crippen LogP contribution is 2.33. The third-order valence-corrected chi connectivity index (χ3v) is 2.64. The van der Waals surface area contributed by atoms with Gasteiger partial charge in [-0.2, -0.15) is 5.10 Å². The highest BCUT2D eigenvalue weighted by Gasteiger charge is 2.27. The van der Waals surface area contributed by atoms with Crippen LogP contribution in [-0.2, 0) is 18.4 Å². The molecule has 2 rings (SSSR count). The van der Waals surface area contributed by atoms with Crippen LogP contribution < -0.4 is 0 Å². The summed E-state index contributed by atoms with van der Waals surface area (Å²) in [6.07, 6.45) is 4.32. The molecule has 0 saturated carbocycles. The van der Waals surface area contributed by atoms with Gasteiger partial charge in [0.15, 0.2) is 0 Å². The second kappa shape index (κ2) is 3.71. The van der Waals surface area contributed by atoms with E-state index in [4.69, 9.17) is 9.84 Å². The number of ether oxygens (including phenoxy) is 1. The van der Waals surface area contributed by atoms with Gasteiger partial charge in [-0.25, -0.2) is 0 Å². The van der Waals surface area contributed by atoms with E-state index in [1.165, 1.54) is 0 Å². The predicted octanol–water partition coefficient (Wildman–Crippen LogP) is 1.15. The summed E-state index contributed by atoms with van der Waals surface area (Å²) in [5.41, 5.74) is 1.78. The molecule has 1 N–H and O–H groups in total. The van der Waals surface area contributed by atoms with Crippen molar-refractivity contribution in [2.24, 2.45) is 7.05 Å². The summed E-state index contributed by atoms with van der Waals surface area (Å²) in [6, 6.07) is 0. The lowest BCUT2D eigenvalue weighted by atomic mass is 10.1. The summed E-state index contributed by atoms with van der Waals surface area (Å²) in [5, 5.41) is 13.5. The summed E-state index contributed by atoms with van der Waals surface area (Å²) >= 11 is 0. The van der Waals surface area contributed by atoms with E-state index in [-0.39, 0.29) is 12.7 Å². The molecule has 0 unspecified atom stereocenters. The minimum atomic E-state index is 0.0391. The zero-order chi connectivity index (χ0) is 10.1. The van der Waals surface area contributed by atoms with E-state index in [9.17, 15) is 0 Å². The molecule has 1 aliphatic heterocycles. The Bertz CT molecular complexity index is 322. The number of nitrogens with zero attached hydrogens (tertiary/aromatic N) is 2. The van der Waals surface area contributed by atoms with Gasteiger partial charge in [-0.15, -0.1) is 0 Å². The van der Waals surface area contributed by atoms with E-state index in [2.05, 4.69) is 12.0 Å². The lowest BCUT2D eigenvalue weighted by molar-refractivity contribution is 0.0515. The average molecular weight is 196 g/mol. The quantitative estimate of drug-likeness (QED) is 0.772. The molecule has 78 valence electrons. The Morgan fingerprint density at radius 2 is 2.43 bits per heavy atom. The van der Waals surface area contributed by atoms with Crippen LogP contribution in [0, 0.1) is 0 Å². The van der Waals surface area contributed by atoms with Gasteiger partial charge in [-0.1, -0.05) is 0 Å². The Labute approximate surface area is 83.5 Å². The third-order valence-electron chi connectivity index (χ3n) is 2.64. The Kier molecular flexibility index (Phi) is 2.56. The molecule has 0 aromatic carbocycles. The van der Waals surface area contributed by atoms with E-state index >= 15 is 0 Å². The maximum absolute atomic E-state index is 9.15. The van der Waals surface area contributed by atoms with Crippen LogP contribution in [-0.4, -0.2) is 21.0 Å². The van der Waals surface area contributed by atoms with Crippen LogP contribution in [0.1, 0.15) is 37.1 Å². The van der Waals surface area contributed by atoms with Crippen LogP contribution >= 0.6 is 0 Å². The Balaban J connectivity index is 2.22. The summed E-state index contributed by atoms with van der Waals surface area (Å²) in [4.78, 5) is 0. The van der Waals surface area contributed by atoms with Crippen molar-refractivity contribution in [2.45, 2.75) is 38.6 Å². The second-order valence-corrected chi connectivity index (χ2v) is 3.88. The highest BCUT2D eigenvalue weighted by atomic mass is 16.5. The standard InChI is InChI=1S/C10H16N2O2/c1-7-3-4-9(14-7)10-8(6-13)5-12(2)11-10/h5,7,9,13H,3-4,6H2,1-2H3/t7-,9+/m0/s1. The van der Waals surface area contributed by atoms with Gasteiger partial charge < -0.3 is 9.84 Å². The number of hydrogen-bond acceptors (Lipinski definition) is 3. The number of aliphatic hydroxyl groups is 1. The topological polar surface area (TPSA) is 47.3 Å². The number of aromatic nitrogens is 2. The molecular weight excluding hydrogens is 180 g/mol. The van der Waals surface area contributed by atoms with Gasteiger partial charge in [0.25, 0.3) is 0 Å². The van der Waals surface area contributed by atoms with E-state index < -0.39 is 0 Å². The van der Waals surface area contributed by atoms with E-state index in [1.54, 1.807) is 4.68 Å². The molecule has 2 heterocycles. The molecule has 0 aliphatic carbocycles. The van der Waals surface area contributed by atoms with Crippen LogP contribution in [0.3, 0.4) is 0 Å². The minimum absolute atomic E-state index is 0.0391. The summed E-state index contributed by atoms with van der Waals surface area (Å²) in [7, 11) is 1.86. The van der Waals surface area contributed by atoms with Crippen molar-refractivity contribution < 1.29 is 9.84 Å². The van der Waals surface area contributed by atoms with Crippen LogP contribution in [0.15, 0.2) is 6.20 Å². The van der Waals surface area contributed by atoms with Gasteiger partial charge in [-0.05, 0) is 19.8 Å². The summed E-state index contributed by atoms with van der Waals surface area (Å²) in [5.74, 6) is 0. The minimum Gasteiger partial charge on any atom is -0.392 e. The predicted molar refractivity (Wildman–Crippen MR) is 51.7 cm³/mol. The molecule has 4 heteroatoms. The van der Waals surface area contributed by atoms with E-state index in [1.807, 2.05) is 13.2 Å². The molecule has 1 saturated heterocycles. The molecule has 1 fully saturated rings. The first-order valence-electron chi connectivity index (χ1n) is 4.99. The molecule has 0 radical (unpaired) electrons. The van der Waals surface area contributed by atoms with E-state index in [0.29, 0.717) is 6.10 Å². The van der Waals surface area contributed by atoms with Crippen LogP contribution in [0.2, 0.25) is 0 Å². The van der Waals surface area contributed by atoms with E-state index in [0.717, 1.165) is 24.1 Å². The SMILES string of the molecule is C[C@H]1CC[C@H](c2nn(C)cc2CO)O1. The molecule has 1 aromatic rings. The van der Waals surface area contributed by atoms with Crippen molar-refractivity contribution >= 4 is 0 Å². The zero-order valence-corrected chi connectivity index (χ0v) is 8.60. The van der Waals surface area contributed by atoms with Gasteiger partial charge in [0.1, 0.15) is 6.10 Å². The van der Waals surface area contributed by atoms with Crippen LogP contribution in [0.4, 0.5) is 0 Å². The number of hydrogen-bond donors (Lipinski definition) is 1. The molecule has 0 spiro atoms. The average Bonchev–Trinajstić information content (AvgIpc) is 2.71. The molecule has 14 heavy (non-hydrogen) atoms. The van der Waals surface area contributed by atoms with Gasteiger partial charge >= 0.3 is 0 Å². The van der Waals surface area contributed by atoms with Crippen molar-refractivity contribution in [3.05, 3.63) is 17.5 Å². The fraction of sp³-hybridized carbons (Fsp3) is 0.700. The molecule has 0 bridgehead atoms. The largest absolute Gasteiger partial charge is 0.392 e. The molecule has 4 nitrogen and oxygen atoms in total. The highest BCUT2D eigenvalue weighted by molar-refractivity contribution is 5.19. The summed E-state index contributed by atoms with van der Waals surface area (Å²) in [6.45, 7) is 2.11. The molecule has 0 amide bonds. The smallest absolute Gasteiger partial charge is 0.102 e. The van der Waals surface area contributed by atoms with Crippen molar-refractivity contribution in [3.63, 3.8) is 0 Å². The molecular formula is C10H16N2O2. The van der Waals surface area contributed by atoms with Crippen molar-refractivity contribution in [3.8, 4) is 0 Å². The van der Waals surface area contributed by atoms with Gasteiger partial charge in [0, 0.05) is 18.8 Å². The van der Waals surface area contributed by atoms with Crippen molar-refractivity contribution in [2.75, 3.05) is 0 Å². The normalized spacial score (nSPS) is 27.1. The summed E-state index contributed by atoms with van der Waals surface area (Å²) < 4.78 is 7.45. The van der Waals surface area contributed by atoms with Gasteiger partial charge in [-0.3, -0.25) is 4.68 Å². The Hall–Kier alpha value is -0.870. The van der Waals surface area contributed by atoms with Gasteiger partial charge in [0.05, 0.1) is 18.4 Å². The maximum Gasteiger partial charge on any atom is 0.102 e. The van der Waals surface area contributed by atoms with Crippen LogP contribution in [0.25, 0.3) is 0 Å². The molecule has 1 aromatic heterocycles. The molecule has 1 aliphatic rings.